The SMILES string of the molecule is COCCc1ccccc1-n1cc(C)nc1NCC(C)C. The van der Waals surface area contributed by atoms with Gasteiger partial charge in [0.15, 0.2) is 0 Å². The molecule has 0 unspecified atom stereocenters. The molecule has 2 rings (SSSR count). The summed E-state index contributed by atoms with van der Waals surface area (Å²) in [5.41, 5.74) is 3.45. The molecule has 1 aromatic heterocycles. The van der Waals surface area contributed by atoms with Crippen LogP contribution in [-0.2, 0) is 11.2 Å². The highest BCUT2D eigenvalue weighted by atomic mass is 16.5. The van der Waals surface area contributed by atoms with Crippen LogP contribution in [0.15, 0.2) is 30.5 Å². The Morgan fingerprint density at radius 2 is 2.05 bits per heavy atom. The van der Waals surface area contributed by atoms with Crippen molar-refractivity contribution in [3.63, 3.8) is 0 Å². The summed E-state index contributed by atoms with van der Waals surface area (Å²) in [5, 5.41) is 3.44. The molecule has 114 valence electrons. The van der Waals surface area contributed by atoms with Crippen molar-refractivity contribution in [1.29, 1.82) is 0 Å². The van der Waals surface area contributed by atoms with Gasteiger partial charge >= 0.3 is 0 Å². The van der Waals surface area contributed by atoms with Gasteiger partial charge in [0.25, 0.3) is 0 Å². The smallest absolute Gasteiger partial charge is 0.207 e. The minimum absolute atomic E-state index is 0.583. The first-order valence-corrected chi connectivity index (χ1v) is 7.49. The van der Waals surface area contributed by atoms with Gasteiger partial charge in [0, 0.05) is 19.9 Å². The van der Waals surface area contributed by atoms with Crippen LogP contribution in [0.1, 0.15) is 25.1 Å². The zero-order valence-electron chi connectivity index (χ0n) is 13.4. The third-order valence-electron chi connectivity index (χ3n) is 3.32. The maximum absolute atomic E-state index is 5.21. The highest BCUT2D eigenvalue weighted by Crippen LogP contribution is 2.21. The molecule has 0 aliphatic rings. The largest absolute Gasteiger partial charge is 0.384 e. The fourth-order valence-corrected chi connectivity index (χ4v) is 2.27. The molecule has 0 saturated heterocycles. The predicted octanol–water partition coefficient (Wildman–Crippen LogP) is 3.44. The van der Waals surface area contributed by atoms with Crippen LogP contribution in [0.3, 0.4) is 0 Å². The van der Waals surface area contributed by atoms with E-state index in [1.54, 1.807) is 7.11 Å². The lowest BCUT2D eigenvalue weighted by molar-refractivity contribution is 0.202. The number of methoxy groups -OCH3 is 1. The van der Waals surface area contributed by atoms with Crippen LogP contribution in [0, 0.1) is 12.8 Å². The number of aryl methyl sites for hydroxylation is 1. The molecule has 21 heavy (non-hydrogen) atoms. The fourth-order valence-electron chi connectivity index (χ4n) is 2.27. The van der Waals surface area contributed by atoms with Crippen LogP contribution in [0.2, 0.25) is 0 Å². The van der Waals surface area contributed by atoms with E-state index >= 15 is 0 Å². The van der Waals surface area contributed by atoms with E-state index in [2.05, 4.69) is 59.2 Å². The molecular weight excluding hydrogens is 262 g/mol. The lowest BCUT2D eigenvalue weighted by Crippen LogP contribution is -2.13. The third-order valence-corrected chi connectivity index (χ3v) is 3.32. The zero-order chi connectivity index (χ0) is 15.2. The van der Waals surface area contributed by atoms with Crippen molar-refractivity contribution in [3.05, 3.63) is 41.7 Å². The van der Waals surface area contributed by atoms with Crippen molar-refractivity contribution < 1.29 is 4.74 Å². The van der Waals surface area contributed by atoms with Crippen molar-refractivity contribution in [2.24, 2.45) is 5.92 Å². The van der Waals surface area contributed by atoms with Gasteiger partial charge in [-0.25, -0.2) is 4.98 Å². The second-order valence-corrected chi connectivity index (χ2v) is 5.72. The van der Waals surface area contributed by atoms with Crippen molar-refractivity contribution in [2.75, 3.05) is 25.6 Å². The van der Waals surface area contributed by atoms with Gasteiger partial charge < -0.3 is 10.1 Å². The number of rotatable bonds is 7. The second-order valence-electron chi connectivity index (χ2n) is 5.72. The summed E-state index contributed by atoms with van der Waals surface area (Å²) in [6.45, 7) is 8.05. The highest BCUT2D eigenvalue weighted by Gasteiger charge is 2.11. The van der Waals surface area contributed by atoms with Crippen LogP contribution in [0.25, 0.3) is 5.69 Å². The maximum Gasteiger partial charge on any atom is 0.207 e. The Morgan fingerprint density at radius 1 is 1.29 bits per heavy atom. The summed E-state index contributed by atoms with van der Waals surface area (Å²) in [5.74, 6) is 1.49. The molecule has 0 bridgehead atoms. The quantitative estimate of drug-likeness (QED) is 0.848. The molecule has 0 aliphatic heterocycles. The minimum atomic E-state index is 0.583. The number of hydrogen-bond donors (Lipinski definition) is 1. The monoisotopic (exact) mass is 287 g/mol. The number of ether oxygens (including phenoxy) is 1. The van der Waals surface area contributed by atoms with Crippen LogP contribution in [0.5, 0.6) is 0 Å². The minimum Gasteiger partial charge on any atom is -0.384 e. The Labute approximate surface area is 127 Å². The average Bonchev–Trinajstić information content (AvgIpc) is 2.84. The van der Waals surface area contributed by atoms with Crippen LogP contribution in [-0.4, -0.2) is 29.8 Å². The maximum atomic E-state index is 5.21. The summed E-state index contributed by atoms with van der Waals surface area (Å²) in [7, 11) is 1.74. The predicted molar refractivity (Wildman–Crippen MR) is 87.2 cm³/mol. The van der Waals surface area contributed by atoms with Gasteiger partial charge in [-0.15, -0.1) is 0 Å². The molecule has 0 saturated carbocycles. The topological polar surface area (TPSA) is 39.1 Å². The molecule has 4 nitrogen and oxygen atoms in total. The molecule has 2 aromatic rings. The lowest BCUT2D eigenvalue weighted by Gasteiger charge is -2.14. The van der Waals surface area contributed by atoms with Crippen LogP contribution >= 0.6 is 0 Å². The molecule has 0 atom stereocenters. The van der Waals surface area contributed by atoms with Gasteiger partial charge in [0.1, 0.15) is 0 Å². The highest BCUT2D eigenvalue weighted by molar-refractivity contribution is 5.48. The molecule has 1 heterocycles. The standard InChI is InChI=1S/C17H25N3O/c1-13(2)11-18-17-19-14(3)12-20(17)16-8-6-5-7-15(16)9-10-21-4/h5-8,12-13H,9-11H2,1-4H3,(H,18,19). The molecule has 0 fully saturated rings. The first-order valence-electron chi connectivity index (χ1n) is 7.49. The Bertz CT molecular complexity index is 575. The second kappa shape index (κ2) is 7.27. The number of imidazole rings is 1. The van der Waals surface area contributed by atoms with E-state index in [0.29, 0.717) is 5.92 Å². The molecule has 0 spiro atoms. The molecule has 0 radical (unpaired) electrons. The molecule has 0 aliphatic carbocycles. The number of aromatic nitrogens is 2. The van der Waals surface area contributed by atoms with Crippen molar-refractivity contribution in [1.82, 2.24) is 9.55 Å². The normalized spacial score (nSPS) is 11.1. The number of benzene rings is 1. The Morgan fingerprint density at radius 3 is 2.76 bits per heavy atom. The van der Waals surface area contributed by atoms with E-state index in [0.717, 1.165) is 31.2 Å². The van der Waals surface area contributed by atoms with E-state index in [1.807, 2.05) is 6.92 Å². The zero-order valence-corrected chi connectivity index (χ0v) is 13.4. The number of para-hydroxylation sites is 1. The Balaban J connectivity index is 2.32. The van der Waals surface area contributed by atoms with Gasteiger partial charge in [-0.2, -0.15) is 0 Å². The van der Waals surface area contributed by atoms with Gasteiger partial charge in [-0.1, -0.05) is 32.0 Å². The molecule has 1 N–H and O–H groups in total. The van der Waals surface area contributed by atoms with E-state index in [-0.39, 0.29) is 0 Å². The fraction of sp³-hybridized carbons (Fsp3) is 0.471. The number of anilines is 1. The van der Waals surface area contributed by atoms with Gasteiger partial charge in [0.2, 0.25) is 5.95 Å². The molecule has 0 amide bonds. The molecular formula is C17H25N3O. The Hall–Kier alpha value is -1.81. The Kier molecular flexibility index (Phi) is 5.39. The van der Waals surface area contributed by atoms with Gasteiger partial charge in [-0.05, 0) is 30.9 Å². The average molecular weight is 287 g/mol. The van der Waals surface area contributed by atoms with E-state index in [4.69, 9.17) is 4.74 Å². The van der Waals surface area contributed by atoms with Crippen LogP contribution < -0.4 is 5.32 Å². The number of hydrogen-bond acceptors (Lipinski definition) is 3. The number of nitrogens with one attached hydrogen (secondary N) is 1. The summed E-state index contributed by atoms with van der Waals surface area (Å²) >= 11 is 0. The lowest BCUT2D eigenvalue weighted by atomic mass is 10.1. The van der Waals surface area contributed by atoms with E-state index < -0.39 is 0 Å². The summed E-state index contributed by atoms with van der Waals surface area (Å²) in [6, 6.07) is 8.41. The molecule has 1 aromatic carbocycles. The van der Waals surface area contributed by atoms with Gasteiger partial charge in [-0.3, -0.25) is 4.57 Å². The summed E-state index contributed by atoms with van der Waals surface area (Å²) in [4.78, 5) is 4.60. The van der Waals surface area contributed by atoms with Crippen LogP contribution in [0.4, 0.5) is 5.95 Å². The van der Waals surface area contributed by atoms with Crippen molar-refractivity contribution >= 4 is 5.95 Å². The van der Waals surface area contributed by atoms with E-state index in [1.165, 1.54) is 11.3 Å². The van der Waals surface area contributed by atoms with Crippen molar-refractivity contribution in [2.45, 2.75) is 27.2 Å². The summed E-state index contributed by atoms with van der Waals surface area (Å²) in [6.07, 6.45) is 2.97. The summed E-state index contributed by atoms with van der Waals surface area (Å²) < 4.78 is 7.35. The number of nitrogens with zero attached hydrogens (tertiary/aromatic N) is 2. The van der Waals surface area contributed by atoms with E-state index in [9.17, 15) is 0 Å². The first kappa shape index (κ1) is 15.6. The van der Waals surface area contributed by atoms with Gasteiger partial charge in [0.05, 0.1) is 18.0 Å². The first-order chi connectivity index (χ1) is 10.1. The molecule has 4 heteroatoms. The third kappa shape index (κ3) is 4.08. The van der Waals surface area contributed by atoms with Crippen molar-refractivity contribution in [3.8, 4) is 5.69 Å².